The number of hydrogen-bond donors (Lipinski definition) is 2. The first-order chi connectivity index (χ1) is 16.9. The molecular formula is C26H25N3O6. The van der Waals surface area contributed by atoms with Crippen molar-refractivity contribution in [3.8, 4) is 11.1 Å². The van der Waals surface area contributed by atoms with Crippen molar-refractivity contribution in [2.75, 3.05) is 19.7 Å². The third-order valence-corrected chi connectivity index (χ3v) is 6.82. The summed E-state index contributed by atoms with van der Waals surface area (Å²) in [7, 11) is 0. The molecule has 0 saturated carbocycles. The van der Waals surface area contributed by atoms with Crippen molar-refractivity contribution in [1.29, 1.82) is 0 Å². The molecule has 0 spiro atoms. The number of likely N-dealkylation sites (tertiary alicyclic amines) is 1. The maximum Gasteiger partial charge on any atom is 0.407 e. The Morgan fingerprint density at radius 2 is 1.74 bits per heavy atom. The largest absolute Gasteiger partial charge is 0.481 e. The molecule has 1 aliphatic heterocycles. The lowest BCUT2D eigenvalue weighted by atomic mass is 9.87. The Balaban J connectivity index is 1.12. The lowest BCUT2D eigenvalue weighted by Crippen LogP contribution is -2.53. The number of alkyl carbamates (subject to hydrolysis) is 1. The molecule has 1 atom stereocenters. The average Bonchev–Trinajstić information content (AvgIpc) is 3.43. The smallest absolute Gasteiger partial charge is 0.407 e. The average molecular weight is 476 g/mol. The van der Waals surface area contributed by atoms with Crippen molar-refractivity contribution >= 4 is 18.0 Å². The molecule has 1 saturated heterocycles. The second-order valence-corrected chi connectivity index (χ2v) is 8.95. The van der Waals surface area contributed by atoms with Crippen LogP contribution in [0.5, 0.6) is 0 Å². The van der Waals surface area contributed by atoms with Gasteiger partial charge in [0.25, 0.3) is 5.91 Å². The molecule has 9 heteroatoms. The minimum absolute atomic E-state index is 0.0234. The van der Waals surface area contributed by atoms with E-state index >= 15 is 0 Å². The summed E-state index contributed by atoms with van der Waals surface area (Å²) in [5, 5.41) is 15.5. The van der Waals surface area contributed by atoms with Gasteiger partial charge in [-0.2, -0.15) is 0 Å². The molecule has 1 fully saturated rings. The fraction of sp³-hybridized carbons (Fsp3) is 0.308. The van der Waals surface area contributed by atoms with Gasteiger partial charge in [-0.25, -0.2) is 4.79 Å². The number of aliphatic carboxylic acids is 1. The SMILES string of the molecule is CC(C(=O)O)C1CN(C(=O)c2cc(CNC(=O)OCC3c4ccccc4-c4ccccc43)on2)C1. The van der Waals surface area contributed by atoms with Gasteiger partial charge in [0.1, 0.15) is 6.61 Å². The van der Waals surface area contributed by atoms with Gasteiger partial charge >= 0.3 is 12.1 Å². The van der Waals surface area contributed by atoms with E-state index in [1.807, 2.05) is 24.3 Å². The summed E-state index contributed by atoms with van der Waals surface area (Å²) in [5.41, 5.74) is 4.69. The fourth-order valence-electron chi connectivity index (χ4n) is 4.66. The number of aromatic nitrogens is 1. The zero-order valence-corrected chi connectivity index (χ0v) is 19.1. The van der Waals surface area contributed by atoms with E-state index in [1.54, 1.807) is 6.92 Å². The Morgan fingerprint density at radius 1 is 1.11 bits per heavy atom. The lowest BCUT2D eigenvalue weighted by Gasteiger charge is -2.40. The van der Waals surface area contributed by atoms with E-state index in [0.717, 1.165) is 22.3 Å². The first kappa shape index (κ1) is 22.6. The summed E-state index contributed by atoms with van der Waals surface area (Å²) in [6.07, 6.45) is -0.593. The summed E-state index contributed by atoms with van der Waals surface area (Å²) in [5.74, 6) is -1.49. The minimum atomic E-state index is -0.870. The highest BCUT2D eigenvalue weighted by molar-refractivity contribution is 5.93. The number of carbonyl (C=O) groups is 3. The molecule has 2 heterocycles. The molecule has 180 valence electrons. The van der Waals surface area contributed by atoms with Gasteiger partial charge in [0.2, 0.25) is 0 Å². The number of amides is 2. The van der Waals surface area contributed by atoms with Crippen molar-refractivity contribution in [3.63, 3.8) is 0 Å². The second kappa shape index (κ2) is 9.25. The van der Waals surface area contributed by atoms with Crippen LogP contribution in [0.2, 0.25) is 0 Å². The Labute approximate surface area is 201 Å². The zero-order valence-electron chi connectivity index (χ0n) is 19.1. The number of hydrogen-bond acceptors (Lipinski definition) is 6. The number of ether oxygens (including phenoxy) is 1. The van der Waals surface area contributed by atoms with E-state index in [2.05, 4.69) is 34.7 Å². The molecule has 3 aromatic rings. The summed E-state index contributed by atoms with van der Waals surface area (Å²) < 4.78 is 10.7. The van der Waals surface area contributed by atoms with Gasteiger partial charge in [-0.05, 0) is 22.3 Å². The topological polar surface area (TPSA) is 122 Å². The maximum absolute atomic E-state index is 12.5. The number of nitrogens with zero attached hydrogens (tertiary/aromatic N) is 2. The molecule has 0 radical (unpaired) electrons. The summed E-state index contributed by atoms with van der Waals surface area (Å²) in [4.78, 5) is 37.4. The monoisotopic (exact) mass is 475 g/mol. The number of nitrogens with one attached hydrogen (secondary N) is 1. The molecule has 2 aromatic carbocycles. The van der Waals surface area contributed by atoms with Crippen LogP contribution in [0.4, 0.5) is 4.79 Å². The Bertz CT molecular complexity index is 1230. The molecule has 9 nitrogen and oxygen atoms in total. The van der Waals surface area contributed by atoms with E-state index in [0.29, 0.717) is 18.8 Å². The van der Waals surface area contributed by atoms with Crippen molar-refractivity contribution in [1.82, 2.24) is 15.4 Å². The van der Waals surface area contributed by atoms with Crippen molar-refractivity contribution < 1.29 is 28.8 Å². The van der Waals surface area contributed by atoms with E-state index in [9.17, 15) is 14.4 Å². The number of benzene rings is 2. The standard InChI is InChI=1S/C26H25N3O6/c1-15(25(31)32)16-12-29(13-16)24(30)23-10-17(35-28-23)11-27-26(33)34-14-22-20-8-4-2-6-18(20)19-7-3-5-9-21(19)22/h2-10,15-16,22H,11-14H2,1H3,(H,27,33)(H,31,32). The Hall–Kier alpha value is -4.14. The number of carbonyl (C=O) groups excluding carboxylic acids is 2. The van der Waals surface area contributed by atoms with Crippen LogP contribution in [0.25, 0.3) is 11.1 Å². The molecule has 0 bridgehead atoms. The van der Waals surface area contributed by atoms with Gasteiger partial charge in [0.15, 0.2) is 11.5 Å². The number of rotatable bonds is 7. The van der Waals surface area contributed by atoms with E-state index in [1.165, 1.54) is 11.0 Å². The normalized spacial score (nSPS) is 15.6. The van der Waals surface area contributed by atoms with Crippen LogP contribution < -0.4 is 5.32 Å². The number of fused-ring (bicyclic) bond motifs is 3. The lowest BCUT2D eigenvalue weighted by molar-refractivity contribution is -0.144. The fourth-order valence-corrected chi connectivity index (χ4v) is 4.66. The van der Waals surface area contributed by atoms with Gasteiger partial charge in [-0.15, -0.1) is 0 Å². The Morgan fingerprint density at radius 3 is 2.37 bits per heavy atom. The van der Waals surface area contributed by atoms with Gasteiger partial charge in [-0.3, -0.25) is 9.59 Å². The summed E-state index contributed by atoms with van der Waals surface area (Å²) >= 11 is 0. The molecule has 2 amide bonds. The van der Waals surface area contributed by atoms with Crippen LogP contribution in [0.1, 0.15) is 40.2 Å². The van der Waals surface area contributed by atoms with Gasteiger partial charge in [0.05, 0.1) is 12.5 Å². The van der Waals surface area contributed by atoms with Crippen LogP contribution in [0, 0.1) is 11.8 Å². The summed E-state index contributed by atoms with van der Waals surface area (Å²) in [6, 6.07) is 17.7. The first-order valence-corrected chi connectivity index (χ1v) is 11.5. The van der Waals surface area contributed by atoms with Gasteiger partial charge in [0, 0.05) is 31.0 Å². The van der Waals surface area contributed by atoms with Crippen LogP contribution in [0.3, 0.4) is 0 Å². The summed E-state index contributed by atoms with van der Waals surface area (Å²) in [6.45, 7) is 2.59. The van der Waals surface area contributed by atoms with Crippen LogP contribution in [-0.4, -0.2) is 52.8 Å². The van der Waals surface area contributed by atoms with Gasteiger partial charge < -0.3 is 24.6 Å². The van der Waals surface area contributed by atoms with E-state index in [-0.39, 0.29) is 36.6 Å². The molecule has 2 aliphatic rings. The molecule has 1 aromatic heterocycles. The third kappa shape index (κ3) is 4.37. The quantitative estimate of drug-likeness (QED) is 0.536. The highest BCUT2D eigenvalue weighted by atomic mass is 16.5. The predicted octanol–water partition coefficient (Wildman–Crippen LogP) is 3.51. The van der Waals surface area contributed by atoms with E-state index in [4.69, 9.17) is 14.4 Å². The van der Waals surface area contributed by atoms with Gasteiger partial charge in [-0.1, -0.05) is 60.6 Å². The highest BCUT2D eigenvalue weighted by Gasteiger charge is 2.38. The van der Waals surface area contributed by atoms with E-state index < -0.39 is 18.0 Å². The maximum atomic E-state index is 12.5. The van der Waals surface area contributed by atoms with Crippen LogP contribution >= 0.6 is 0 Å². The molecule has 5 rings (SSSR count). The van der Waals surface area contributed by atoms with Crippen molar-refractivity contribution in [2.45, 2.75) is 19.4 Å². The molecule has 1 aliphatic carbocycles. The van der Waals surface area contributed by atoms with Crippen LogP contribution in [0.15, 0.2) is 59.1 Å². The number of carboxylic acids is 1. The Kier molecular flexibility index (Phi) is 5.98. The number of carboxylic acid groups (broad SMARTS) is 1. The van der Waals surface area contributed by atoms with Crippen molar-refractivity contribution in [2.24, 2.45) is 11.8 Å². The minimum Gasteiger partial charge on any atom is -0.481 e. The van der Waals surface area contributed by atoms with Crippen LogP contribution in [-0.2, 0) is 16.1 Å². The molecule has 1 unspecified atom stereocenters. The van der Waals surface area contributed by atoms with Crippen molar-refractivity contribution in [3.05, 3.63) is 77.2 Å². The third-order valence-electron chi connectivity index (χ3n) is 6.82. The highest BCUT2D eigenvalue weighted by Crippen LogP contribution is 2.44. The second-order valence-electron chi connectivity index (χ2n) is 8.95. The molecule has 35 heavy (non-hydrogen) atoms. The molecule has 2 N–H and O–H groups in total. The first-order valence-electron chi connectivity index (χ1n) is 11.5. The predicted molar refractivity (Wildman–Crippen MR) is 125 cm³/mol. The molecular weight excluding hydrogens is 450 g/mol. The zero-order chi connectivity index (χ0) is 24.5.